The first kappa shape index (κ1) is 16.9. The van der Waals surface area contributed by atoms with Crippen LogP contribution in [0.2, 0.25) is 0 Å². The molecular formula is C16H22N4O3. The fourth-order valence-electron chi connectivity index (χ4n) is 2.83. The van der Waals surface area contributed by atoms with Gasteiger partial charge in [0.15, 0.2) is 0 Å². The predicted molar refractivity (Wildman–Crippen MR) is 83.7 cm³/mol. The molecule has 1 unspecified atom stereocenters. The maximum atomic E-state index is 12.6. The van der Waals surface area contributed by atoms with Crippen LogP contribution in [-0.4, -0.2) is 45.7 Å². The lowest BCUT2D eigenvalue weighted by Crippen LogP contribution is -2.50. The zero-order chi connectivity index (χ0) is 16.8. The monoisotopic (exact) mass is 318 g/mol. The number of likely N-dealkylation sites (tertiary alicyclic amines) is 1. The Morgan fingerprint density at radius 1 is 1.48 bits per heavy atom. The second kappa shape index (κ2) is 7.68. The molecule has 1 aliphatic heterocycles. The average molecular weight is 318 g/mol. The van der Waals surface area contributed by atoms with Crippen LogP contribution >= 0.6 is 0 Å². The van der Waals surface area contributed by atoms with Gasteiger partial charge < -0.3 is 19.9 Å². The van der Waals surface area contributed by atoms with E-state index in [-0.39, 0.29) is 5.91 Å². The predicted octanol–water partition coefficient (Wildman–Crippen LogP) is 1.64. The Bertz CT molecular complexity index is 597. The number of hydrogen-bond donors (Lipinski definition) is 2. The Morgan fingerprint density at radius 2 is 2.17 bits per heavy atom. The maximum absolute atomic E-state index is 12.6. The Balaban J connectivity index is 2.00. The number of amides is 2. The molecule has 0 saturated carbocycles. The van der Waals surface area contributed by atoms with Crippen molar-refractivity contribution in [1.29, 1.82) is 5.26 Å². The topological polar surface area (TPSA) is 98.4 Å². The number of carbonyl (C=O) groups is 2. The average Bonchev–Trinajstić information content (AvgIpc) is 2.98. The van der Waals surface area contributed by atoms with Gasteiger partial charge in [-0.1, -0.05) is 6.92 Å². The smallest absolute Gasteiger partial charge is 0.405 e. The Morgan fingerprint density at radius 3 is 2.78 bits per heavy atom. The van der Waals surface area contributed by atoms with Gasteiger partial charge >= 0.3 is 6.09 Å². The van der Waals surface area contributed by atoms with E-state index in [1.165, 1.54) is 0 Å². The molecule has 7 nitrogen and oxygen atoms in total. The van der Waals surface area contributed by atoms with E-state index in [1.54, 1.807) is 27.8 Å². The van der Waals surface area contributed by atoms with Crippen LogP contribution in [0.4, 0.5) is 4.79 Å². The number of carbonyl (C=O) groups excluding carboxylic acids is 1. The van der Waals surface area contributed by atoms with Crippen LogP contribution in [0.1, 0.15) is 31.9 Å². The van der Waals surface area contributed by atoms with E-state index in [1.807, 2.05) is 0 Å². The van der Waals surface area contributed by atoms with Crippen molar-refractivity contribution >= 4 is 12.0 Å². The minimum Gasteiger partial charge on any atom is -0.465 e. The molecule has 1 saturated heterocycles. The summed E-state index contributed by atoms with van der Waals surface area (Å²) in [7, 11) is 0. The maximum Gasteiger partial charge on any atom is 0.405 e. The van der Waals surface area contributed by atoms with E-state index in [0.717, 1.165) is 12.8 Å². The number of aromatic nitrogens is 1. The summed E-state index contributed by atoms with van der Waals surface area (Å²) in [4.78, 5) is 25.3. The molecule has 1 aliphatic rings. The highest BCUT2D eigenvalue weighted by Gasteiger charge is 2.28. The van der Waals surface area contributed by atoms with Gasteiger partial charge in [0.25, 0.3) is 0 Å². The summed E-state index contributed by atoms with van der Waals surface area (Å²) in [5, 5.41) is 20.3. The third-order valence-electron chi connectivity index (χ3n) is 4.29. The Labute approximate surface area is 135 Å². The molecule has 2 rings (SSSR count). The number of rotatable bonds is 5. The minimum atomic E-state index is -1.21. The van der Waals surface area contributed by atoms with Crippen molar-refractivity contribution in [2.75, 3.05) is 13.1 Å². The molecule has 23 heavy (non-hydrogen) atoms. The summed E-state index contributed by atoms with van der Waals surface area (Å²) >= 11 is 0. The molecule has 0 bridgehead atoms. The number of aryl methyl sites for hydroxylation is 1. The quantitative estimate of drug-likeness (QED) is 0.862. The van der Waals surface area contributed by atoms with E-state index in [2.05, 4.69) is 18.3 Å². The first-order valence-corrected chi connectivity index (χ1v) is 7.84. The van der Waals surface area contributed by atoms with Gasteiger partial charge in [-0.15, -0.1) is 0 Å². The number of piperidine rings is 1. The van der Waals surface area contributed by atoms with Gasteiger partial charge in [-0.3, -0.25) is 4.79 Å². The van der Waals surface area contributed by atoms with Crippen LogP contribution in [0, 0.1) is 17.2 Å². The summed E-state index contributed by atoms with van der Waals surface area (Å²) in [6.07, 6.45) is 2.76. The number of carboxylic acid groups (broad SMARTS) is 1. The summed E-state index contributed by atoms with van der Waals surface area (Å²) in [5.74, 6) is 0.424. The highest BCUT2D eigenvalue weighted by molar-refractivity contribution is 5.85. The van der Waals surface area contributed by atoms with Crippen molar-refractivity contribution < 1.29 is 14.7 Å². The van der Waals surface area contributed by atoms with Gasteiger partial charge in [0.05, 0.1) is 0 Å². The van der Waals surface area contributed by atoms with Crippen molar-refractivity contribution in [2.24, 2.45) is 5.92 Å². The van der Waals surface area contributed by atoms with Crippen LogP contribution in [0.15, 0.2) is 18.3 Å². The van der Waals surface area contributed by atoms with E-state index in [4.69, 9.17) is 10.4 Å². The van der Waals surface area contributed by atoms with Crippen LogP contribution in [0.3, 0.4) is 0 Å². The standard InChI is InChI=1S/C16H22N4O3/c1-12-4-8-20(9-5-12)15(21)14(18-16(22)23)6-10-19-7-2-3-13(19)11-17/h2-3,7,12,14,18H,4-6,8-10H2,1H3,(H,22,23). The van der Waals surface area contributed by atoms with Crippen molar-refractivity contribution in [3.8, 4) is 6.07 Å². The lowest BCUT2D eigenvalue weighted by molar-refractivity contribution is -0.134. The molecule has 1 atom stereocenters. The lowest BCUT2D eigenvalue weighted by atomic mass is 9.98. The summed E-state index contributed by atoms with van der Waals surface area (Å²) in [6.45, 7) is 3.91. The van der Waals surface area contributed by atoms with Crippen LogP contribution in [0.25, 0.3) is 0 Å². The van der Waals surface area contributed by atoms with Crippen LogP contribution in [0.5, 0.6) is 0 Å². The molecule has 7 heteroatoms. The largest absolute Gasteiger partial charge is 0.465 e. The second-order valence-corrected chi connectivity index (χ2v) is 6.00. The van der Waals surface area contributed by atoms with Crippen LogP contribution in [-0.2, 0) is 11.3 Å². The normalized spacial score (nSPS) is 16.6. The summed E-state index contributed by atoms with van der Waals surface area (Å²) in [6, 6.07) is 4.73. The number of nitrogens with one attached hydrogen (secondary N) is 1. The molecule has 0 aromatic carbocycles. The minimum absolute atomic E-state index is 0.176. The third kappa shape index (κ3) is 4.49. The van der Waals surface area contributed by atoms with E-state index >= 15 is 0 Å². The summed E-state index contributed by atoms with van der Waals surface area (Å²) in [5.41, 5.74) is 0.498. The molecule has 0 spiro atoms. The van der Waals surface area contributed by atoms with Crippen molar-refractivity contribution in [2.45, 2.75) is 38.8 Å². The van der Waals surface area contributed by atoms with Gasteiger partial charge in [-0.25, -0.2) is 4.79 Å². The van der Waals surface area contributed by atoms with E-state index in [9.17, 15) is 9.59 Å². The molecule has 1 fully saturated rings. The fraction of sp³-hybridized carbons (Fsp3) is 0.562. The number of hydrogen-bond acceptors (Lipinski definition) is 3. The first-order chi connectivity index (χ1) is 11.0. The lowest BCUT2D eigenvalue weighted by Gasteiger charge is -2.33. The third-order valence-corrected chi connectivity index (χ3v) is 4.29. The van der Waals surface area contributed by atoms with Crippen molar-refractivity contribution in [3.05, 3.63) is 24.0 Å². The Kier molecular flexibility index (Phi) is 5.63. The second-order valence-electron chi connectivity index (χ2n) is 6.00. The van der Waals surface area contributed by atoms with Crippen molar-refractivity contribution in [1.82, 2.24) is 14.8 Å². The molecule has 1 aromatic rings. The van der Waals surface area contributed by atoms with Crippen LogP contribution < -0.4 is 5.32 Å². The number of nitriles is 1. The van der Waals surface area contributed by atoms with E-state index < -0.39 is 12.1 Å². The first-order valence-electron chi connectivity index (χ1n) is 7.84. The van der Waals surface area contributed by atoms with Gasteiger partial charge in [0.2, 0.25) is 5.91 Å². The van der Waals surface area contributed by atoms with Gasteiger partial charge in [-0.2, -0.15) is 5.26 Å². The van der Waals surface area contributed by atoms with E-state index in [0.29, 0.717) is 37.7 Å². The highest BCUT2D eigenvalue weighted by atomic mass is 16.4. The summed E-state index contributed by atoms with van der Waals surface area (Å²) < 4.78 is 1.72. The molecule has 1 aromatic heterocycles. The molecule has 0 aliphatic carbocycles. The molecule has 2 heterocycles. The molecule has 0 radical (unpaired) electrons. The zero-order valence-electron chi connectivity index (χ0n) is 13.2. The van der Waals surface area contributed by atoms with Crippen molar-refractivity contribution in [3.63, 3.8) is 0 Å². The molecule has 2 N–H and O–H groups in total. The van der Waals surface area contributed by atoms with Gasteiger partial charge in [-0.05, 0) is 37.3 Å². The molecule has 124 valence electrons. The zero-order valence-corrected chi connectivity index (χ0v) is 13.2. The fourth-order valence-corrected chi connectivity index (χ4v) is 2.83. The SMILES string of the molecule is CC1CCN(C(=O)C(CCn2cccc2C#N)NC(=O)O)CC1. The number of nitrogens with zero attached hydrogens (tertiary/aromatic N) is 3. The highest BCUT2D eigenvalue weighted by Crippen LogP contribution is 2.17. The molecule has 2 amide bonds. The molecular weight excluding hydrogens is 296 g/mol. The van der Waals surface area contributed by atoms with Gasteiger partial charge in [0.1, 0.15) is 17.8 Å². The van der Waals surface area contributed by atoms with Gasteiger partial charge in [0, 0.05) is 25.8 Å². The Hall–Kier alpha value is -2.49.